The number of aryl methyl sites for hydroxylation is 1. The summed E-state index contributed by atoms with van der Waals surface area (Å²) in [6, 6.07) is 6.10. The van der Waals surface area contributed by atoms with E-state index >= 15 is 0 Å². The van der Waals surface area contributed by atoms with Crippen LogP contribution in [0.1, 0.15) is 36.8 Å². The number of ether oxygens (including phenoxy) is 1. The SMILES string of the molecule is COc1ccc(C)cc1C1=CC(=O)CCCC1. The topological polar surface area (TPSA) is 26.3 Å². The molecular weight excluding hydrogens is 212 g/mol. The number of allylic oxidation sites excluding steroid dienone is 2. The molecular formula is C15H18O2. The molecule has 0 bridgehead atoms. The van der Waals surface area contributed by atoms with Crippen molar-refractivity contribution >= 4 is 11.4 Å². The number of hydrogen-bond acceptors (Lipinski definition) is 2. The maximum absolute atomic E-state index is 11.6. The first kappa shape index (κ1) is 11.9. The van der Waals surface area contributed by atoms with Gasteiger partial charge in [0.05, 0.1) is 7.11 Å². The van der Waals surface area contributed by atoms with Gasteiger partial charge in [0.25, 0.3) is 0 Å². The third-order valence-corrected chi connectivity index (χ3v) is 3.16. The molecule has 0 heterocycles. The monoisotopic (exact) mass is 230 g/mol. The highest BCUT2D eigenvalue weighted by atomic mass is 16.5. The molecule has 1 aliphatic rings. The molecule has 1 aromatic carbocycles. The third kappa shape index (κ3) is 2.76. The van der Waals surface area contributed by atoms with Crippen LogP contribution in [0, 0.1) is 6.92 Å². The lowest BCUT2D eigenvalue weighted by Crippen LogP contribution is -1.94. The summed E-state index contributed by atoms with van der Waals surface area (Å²) >= 11 is 0. The summed E-state index contributed by atoms with van der Waals surface area (Å²) in [5.74, 6) is 1.10. The van der Waals surface area contributed by atoms with Gasteiger partial charge in [0.15, 0.2) is 5.78 Å². The van der Waals surface area contributed by atoms with Gasteiger partial charge in [-0.25, -0.2) is 0 Å². The Balaban J connectivity index is 2.44. The van der Waals surface area contributed by atoms with Gasteiger partial charge in [-0.15, -0.1) is 0 Å². The predicted octanol–water partition coefficient (Wildman–Crippen LogP) is 3.53. The summed E-state index contributed by atoms with van der Waals surface area (Å²) in [6.45, 7) is 2.06. The number of carbonyl (C=O) groups excluding carboxylic acids is 1. The molecule has 0 radical (unpaired) electrons. The van der Waals surface area contributed by atoms with Crippen molar-refractivity contribution in [3.63, 3.8) is 0 Å². The van der Waals surface area contributed by atoms with Gasteiger partial charge in [0, 0.05) is 12.0 Å². The zero-order valence-electron chi connectivity index (χ0n) is 10.5. The van der Waals surface area contributed by atoms with Crippen LogP contribution in [0.3, 0.4) is 0 Å². The Labute approximate surface area is 102 Å². The van der Waals surface area contributed by atoms with E-state index in [1.807, 2.05) is 12.1 Å². The number of ketones is 1. The van der Waals surface area contributed by atoms with Crippen molar-refractivity contribution in [3.8, 4) is 5.75 Å². The van der Waals surface area contributed by atoms with Gasteiger partial charge in [-0.3, -0.25) is 4.79 Å². The zero-order chi connectivity index (χ0) is 12.3. The van der Waals surface area contributed by atoms with Crippen molar-refractivity contribution in [2.45, 2.75) is 32.6 Å². The second kappa shape index (κ2) is 5.17. The lowest BCUT2D eigenvalue weighted by molar-refractivity contribution is -0.114. The maximum atomic E-state index is 11.6. The van der Waals surface area contributed by atoms with Crippen LogP contribution >= 0.6 is 0 Å². The third-order valence-electron chi connectivity index (χ3n) is 3.16. The molecule has 17 heavy (non-hydrogen) atoms. The van der Waals surface area contributed by atoms with Crippen LogP contribution in [0.5, 0.6) is 5.75 Å². The van der Waals surface area contributed by atoms with Crippen LogP contribution < -0.4 is 4.74 Å². The van der Waals surface area contributed by atoms with E-state index in [9.17, 15) is 4.79 Å². The lowest BCUT2D eigenvalue weighted by atomic mass is 9.98. The van der Waals surface area contributed by atoms with Crippen molar-refractivity contribution < 1.29 is 9.53 Å². The average Bonchev–Trinajstić information content (AvgIpc) is 2.54. The van der Waals surface area contributed by atoms with E-state index < -0.39 is 0 Å². The van der Waals surface area contributed by atoms with Crippen molar-refractivity contribution in [1.82, 2.24) is 0 Å². The minimum atomic E-state index is 0.237. The van der Waals surface area contributed by atoms with Gasteiger partial charge in [-0.2, -0.15) is 0 Å². The number of methoxy groups -OCH3 is 1. The van der Waals surface area contributed by atoms with Gasteiger partial charge in [-0.1, -0.05) is 11.6 Å². The molecule has 2 nitrogen and oxygen atoms in total. The summed E-state index contributed by atoms with van der Waals surface area (Å²) in [5.41, 5.74) is 3.38. The number of carbonyl (C=O) groups is 1. The number of rotatable bonds is 2. The first-order chi connectivity index (χ1) is 8.20. The second-order valence-corrected chi connectivity index (χ2v) is 4.55. The molecule has 0 saturated carbocycles. The molecule has 0 fully saturated rings. The summed E-state index contributed by atoms with van der Waals surface area (Å²) < 4.78 is 5.38. The Morgan fingerprint density at radius 1 is 1.18 bits per heavy atom. The molecule has 90 valence electrons. The van der Waals surface area contributed by atoms with E-state index in [0.717, 1.165) is 36.1 Å². The van der Waals surface area contributed by atoms with E-state index in [1.165, 1.54) is 5.56 Å². The Kier molecular flexibility index (Phi) is 3.62. The van der Waals surface area contributed by atoms with E-state index in [-0.39, 0.29) is 5.78 Å². The minimum Gasteiger partial charge on any atom is -0.496 e. The first-order valence-corrected chi connectivity index (χ1v) is 6.09. The first-order valence-electron chi connectivity index (χ1n) is 6.09. The number of hydrogen-bond donors (Lipinski definition) is 0. The molecule has 0 aromatic heterocycles. The van der Waals surface area contributed by atoms with Gasteiger partial charge >= 0.3 is 0 Å². The Morgan fingerprint density at radius 2 is 1.94 bits per heavy atom. The van der Waals surface area contributed by atoms with E-state index in [0.29, 0.717) is 6.42 Å². The summed E-state index contributed by atoms with van der Waals surface area (Å²) in [4.78, 5) is 11.6. The fourth-order valence-corrected chi connectivity index (χ4v) is 2.24. The normalized spacial score (nSPS) is 16.4. The minimum absolute atomic E-state index is 0.237. The highest BCUT2D eigenvalue weighted by molar-refractivity contribution is 5.97. The average molecular weight is 230 g/mol. The Hall–Kier alpha value is -1.57. The zero-order valence-corrected chi connectivity index (χ0v) is 10.5. The smallest absolute Gasteiger partial charge is 0.155 e. The molecule has 0 aliphatic heterocycles. The van der Waals surface area contributed by atoms with Crippen molar-refractivity contribution in [1.29, 1.82) is 0 Å². The van der Waals surface area contributed by atoms with Crippen molar-refractivity contribution in [2.24, 2.45) is 0 Å². The summed E-state index contributed by atoms with van der Waals surface area (Å²) in [6.07, 6.45) is 5.51. The number of benzene rings is 1. The van der Waals surface area contributed by atoms with Crippen LogP contribution in [0.15, 0.2) is 24.3 Å². The van der Waals surface area contributed by atoms with Gasteiger partial charge in [0.1, 0.15) is 5.75 Å². The fraction of sp³-hybridized carbons (Fsp3) is 0.400. The summed E-state index contributed by atoms with van der Waals surface area (Å²) in [7, 11) is 1.67. The highest BCUT2D eigenvalue weighted by Gasteiger charge is 2.13. The van der Waals surface area contributed by atoms with E-state index in [1.54, 1.807) is 13.2 Å². The molecule has 1 aromatic rings. The predicted molar refractivity (Wildman–Crippen MR) is 69.2 cm³/mol. The molecule has 1 aliphatic carbocycles. The molecule has 0 saturated heterocycles. The Morgan fingerprint density at radius 3 is 2.71 bits per heavy atom. The largest absolute Gasteiger partial charge is 0.496 e. The molecule has 0 spiro atoms. The van der Waals surface area contributed by atoms with Gasteiger partial charge < -0.3 is 4.74 Å². The standard InChI is InChI=1S/C15H18O2/c1-11-7-8-15(17-2)14(9-11)12-5-3-4-6-13(16)10-12/h7-10H,3-6H2,1-2H3. The van der Waals surface area contributed by atoms with Crippen molar-refractivity contribution in [2.75, 3.05) is 7.11 Å². The van der Waals surface area contributed by atoms with E-state index in [4.69, 9.17) is 4.74 Å². The highest BCUT2D eigenvalue weighted by Crippen LogP contribution is 2.32. The molecule has 0 atom stereocenters. The molecule has 2 heteroatoms. The molecule has 0 N–H and O–H groups in total. The van der Waals surface area contributed by atoms with Crippen LogP contribution in [-0.2, 0) is 4.79 Å². The van der Waals surface area contributed by atoms with E-state index in [2.05, 4.69) is 13.0 Å². The second-order valence-electron chi connectivity index (χ2n) is 4.55. The van der Waals surface area contributed by atoms with Crippen molar-refractivity contribution in [3.05, 3.63) is 35.4 Å². The molecule has 2 rings (SSSR count). The van der Waals surface area contributed by atoms with Crippen LogP contribution in [-0.4, -0.2) is 12.9 Å². The molecule has 0 unspecified atom stereocenters. The summed E-state index contributed by atoms with van der Waals surface area (Å²) in [5, 5.41) is 0. The van der Waals surface area contributed by atoms with Crippen LogP contribution in [0.4, 0.5) is 0 Å². The fourth-order valence-electron chi connectivity index (χ4n) is 2.24. The maximum Gasteiger partial charge on any atom is 0.155 e. The van der Waals surface area contributed by atoms with Crippen LogP contribution in [0.2, 0.25) is 0 Å². The van der Waals surface area contributed by atoms with Gasteiger partial charge in [-0.05, 0) is 50.0 Å². The quantitative estimate of drug-likeness (QED) is 0.777. The lowest BCUT2D eigenvalue weighted by Gasteiger charge is -2.11. The van der Waals surface area contributed by atoms with Gasteiger partial charge in [0.2, 0.25) is 0 Å². The van der Waals surface area contributed by atoms with Crippen LogP contribution in [0.25, 0.3) is 5.57 Å². The Bertz CT molecular complexity index is 458. The molecule has 0 amide bonds.